The second-order valence-corrected chi connectivity index (χ2v) is 9.00. The molecule has 0 aromatic heterocycles. The summed E-state index contributed by atoms with van der Waals surface area (Å²) in [4.78, 5) is 36.5. The largest absolute Gasteiger partial charge is 0.480 e. The van der Waals surface area contributed by atoms with E-state index < -0.39 is 23.5 Å². The van der Waals surface area contributed by atoms with Gasteiger partial charge in [-0.3, -0.25) is 4.79 Å². The van der Waals surface area contributed by atoms with Crippen LogP contribution in [-0.4, -0.2) is 41.8 Å². The molecule has 2 amide bonds. The highest BCUT2D eigenvalue weighted by Crippen LogP contribution is 2.44. The van der Waals surface area contributed by atoms with Crippen LogP contribution in [0.5, 0.6) is 0 Å². The molecule has 35 heavy (non-hydrogen) atoms. The summed E-state index contributed by atoms with van der Waals surface area (Å²) >= 11 is 0. The summed E-state index contributed by atoms with van der Waals surface area (Å²) in [6.07, 6.45) is 0.754. The first-order valence-corrected chi connectivity index (χ1v) is 11.7. The summed E-state index contributed by atoms with van der Waals surface area (Å²) in [6, 6.07) is 23.3. The van der Waals surface area contributed by atoms with Crippen molar-refractivity contribution in [1.82, 2.24) is 10.6 Å². The molecule has 0 heterocycles. The van der Waals surface area contributed by atoms with Gasteiger partial charge in [0.1, 0.15) is 12.1 Å². The van der Waals surface area contributed by atoms with Crippen LogP contribution in [0.25, 0.3) is 11.1 Å². The third-order valence-electron chi connectivity index (χ3n) is 6.78. The first kappa shape index (κ1) is 22.7. The van der Waals surface area contributed by atoms with Gasteiger partial charge in [-0.1, -0.05) is 66.7 Å². The number of carbonyl (C=O) groups is 3. The molecular formula is C28H26N2O5. The zero-order valence-corrected chi connectivity index (χ0v) is 19.1. The van der Waals surface area contributed by atoms with E-state index in [1.54, 1.807) is 18.2 Å². The van der Waals surface area contributed by atoms with Crippen molar-refractivity contribution < 1.29 is 24.2 Å². The number of hydrogen-bond donors (Lipinski definition) is 3. The van der Waals surface area contributed by atoms with Crippen LogP contribution in [-0.2, 0) is 16.0 Å². The molecule has 1 saturated carbocycles. The maximum Gasteiger partial charge on any atom is 0.407 e. The molecular weight excluding hydrogens is 444 g/mol. The zero-order chi connectivity index (χ0) is 24.4. The van der Waals surface area contributed by atoms with Crippen LogP contribution in [0.4, 0.5) is 4.79 Å². The lowest BCUT2D eigenvalue weighted by Crippen LogP contribution is -2.43. The van der Waals surface area contributed by atoms with E-state index in [0.717, 1.165) is 16.7 Å². The molecule has 7 heteroatoms. The molecule has 7 nitrogen and oxygen atoms in total. The number of hydrogen-bond acceptors (Lipinski definition) is 4. The molecule has 0 saturated heterocycles. The molecule has 0 unspecified atom stereocenters. The maximum atomic E-state index is 12.7. The van der Waals surface area contributed by atoms with E-state index in [0.29, 0.717) is 24.8 Å². The average Bonchev–Trinajstić information content (AvgIpc) is 3.59. The lowest BCUT2D eigenvalue weighted by Gasteiger charge is -2.16. The molecule has 3 aromatic carbocycles. The molecule has 178 valence electrons. The second kappa shape index (κ2) is 9.25. The van der Waals surface area contributed by atoms with Crippen LogP contribution < -0.4 is 10.6 Å². The fourth-order valence-corrected chi connectivity index (χ4v) is 4.71. The van der Waals surface area contributed by atoms with Crippen LogP contribution in [0.1, 0.15) is 45.8 Å². The molecule has 2 aliphatic rings. The standard InChI is InChI=1S/C28H26N2O5/c31-25(30-28(14-15-28)26(32)33)19-8-2-1-7-18(19)13-16-29-27(34)35-17-24-22-11-5-3-9-20(22)21-10-4-6-12-23(21)24/h1-12,24H,13-17H2,(H,29,34)(H,30,31)(H,32,33). The van der Waals surface area contributed by atoms with Gasteiger partial charge >= 0.3 is 12.1 Å². The lowest BCUT2D eigenvalue weighted by atomic mass is 9.98. The number of rotatable bonds is 8. The number of nitrogens with one attached hydrogen (secondary N) is 2. The first-order chi connectivity index (χ1) is 17.0. The number of carboxylic acid groups (broad SMARTS) is 1. The summed E-state index contributed by atoms with van der Waals surface area (Å²) in [5.41, 5.74) is 4.63. The van der Waals surface area contributed by atoms with Crippen LogP contribution in [0.2, 0.25) is 0 Å². The molecule has 0 radical (unpaired) electrons. The van der Waals surface area contributed by atoms with Crippen molar-refractivity contribution in [2.24, 2.45) is 0 Å². The van der Waals surface area contributed by atoms with E-state index in [4.69, 9.17) is 4.74 Å². The Labute approximate surface area is 203 Å². The van der Waals surface area contributed by atoms with Gasteiger partial charge < -0.3 is 20.5 Å². The molecule has 0 aliphatic heterocycles. The van der Waals surface area contributed by atoms with Crippen molar-refractivity contribution in [3.63, 3.8) is 0 Å². The minimum atomic E-state index is -1.15. The summed E-state index contributed by atoms with van der Waals surface area (Å²) in [5, 5.41) is 14.7. The highest BCUT2D eigenvalue weighted by molar-refractivity contribution is 6.00. The number of carboxylic acids is 1. The number of ether oxygens (including phenoxy) is 1. The number of carbonyl (C=O) groups excluding carboxylic acids is 2. The highest BCUT2D eigenvalue weighted by Gasteiger charge is 2.51. The van der Waals surface area contributed by atoms with Crippen molar-refractivity contribution in [1.29, 1.82) is 0 Å². The van der Waals surface area contributed by atoms with Gasteiger partial charge in [-0.05, 0) is 53.1 Å². The van der Waals surface area contributed by atoms with Crippen molar-refractivity contribution >= 4 is 18.0 Å². The Hall–Kier alpha value is -4.13. The average molecular weight is 471 g/mol. The summed E-state index contributed by atoms with van der Waals surface area (Å²) in [7, 11) is 0. The SMILES string of the molecule is O=C(NCCc1ccccc1C(=O)NC1(C(=O)O)CC1)OCC1c2ccccc2-c2ccccc21. The molecule has 3 N–H and O–H groups in total. The predicted molar refractivity (Wildman–Crippen MR) is 130 cm³/mol. The van der Waals surface area contributed by atoms with Gasteiger partial charge in [-0.2, -0.15) is 0 Å². The van der Waals surface area contributed by atoms with E-state index in [2.05, 4.69) is 34.9 Å². The predicted octanol–water partition coefficient (Wildman–Crippen LogP) is 4.11. The van der Waals surface area contributed by atoms with Crippen molar-refractivity contribution in [2.45, 2.75) is 30.7 Å². The molecule has 3 aromatic rings. The zero-order valence-electron chi connectivity index (χ0n) is 19.1. The number of alkyl carbamates (subject to hydrolysis) is 1. The highest BCUT2D eigenvalue weighted by atomic mass is 16.5. The Morgan fingerprint density at radius 3 is 2.11 bits per heavy atom. The molecule has 2 aliphatic carbocycles. The van der Waals surface area contributed by atoms with Crippen LogP contribution in [0, 0.1) is 0 Å². The Morgan fingerprint density at radius 2 is 1.49 bits per heavy atom. The van der Waals surface area contributed by atoms with Crippen LogP contribution in [0.3, 0.4) is 0 Å². The van der Waals surface area contributed by atoms with Crippen molar-refractivity contribution in [2.75, 3.05) is 13.2 Å². The van der Waals surface area contributed by atoms with Gasteiger partial charge in [0.25, 0.3) is 5.91 Å². The summed E-state index contributed by atoms with van der Waals surface area (Å²) in [6.45, 7) is 0.515. The number of aliphatic carboxylic acids is 1. The lowest BCUT2D eigenvalue weighted by molar-refractivity contribution is -0.140. The fraction of sp³-hybridized carbons (Fsp3) is 0.250. The number of fused-ring (bicyclic) bond motifs is 3. The molecule has 0 bridgehead atoms. The topological polar surface area (TPSA) is 105 Å². The molecule has 0 atom stereocenters. The third-order valence-corrected chi connectivity index (χ3v) is 6.78. The van der Waals surface area contributed by atoms with Gasteiger partial charge in [0.05, 0.1) is 0 Å². The quantitative estimate of drug-likeness (QED) is 0.460. The fourth-order valence-electron chi connectivity index (χ4n) is 4.71. The Bertz CT molecular complexity index is 1250. The second-order valence-electron chi connectivity index (χ2n) is 9.00. The Kier molecular flexibility index (Phi) is 5.99. The van der Waals surface area contributed by atoms with Gasteiger partial charge in [0.15, 0.2) is 0 Å². The van der Waals surface area contributed by atoms with Crippen LogP contribution >= 0.6 is 0 Å². The summed E-state index contributed by atoms with van der Waals surface area (Å²) < 4.78 is 5.56. The Balaban J connectivity index is 1.16. The minimum Gasteiger partial charge on any atom is -0.480 e. The first-order valence-electron chi connectivity index (χ1n) is 11.7. The third kappa shape index (κ3) is 4.49. The van der Waals surface area contributed by atoms with Gasteiger partial charge in [-0.25, -0.2) is 9.59 Å². The maximum absolute atomic E-state index is 12.7. The number of benzene rings is 3. The normalized spacial score (nSPS) is 15.0. The van der Waals surface area contributed by atoms with Crippen LogP contribution in [0.15, 0.2) is 72.8 Å². The Morgan fingerprint density at radius 1 is 0.886 bits per heavy atom. The van der Waals surface area contributed by atoms with Crippen molar-refractivity contribution in [3.05, 3.63) is 95.1 Å². The monoisotopic (exact) mass is 470 g/mol. The molecule has 1 fully saturated rings. The van der Waals surface area contributed by atoms with E-state index in [1.165, 1.54) is 11.1 Å². The smallest absolute Gasteiger partial charge is 0.407 e. The van der Waals surface area contributed by atoms with E-state index in [-0.39, 0.29) is 19.1 Å². The van der Waals surface area contributed by atoms with Gasteiger partial charge in [0, 0.05) is 18.0 Å². The molecule has 5 rings (SSSR count). The van der Waals surface area contributed by atoms with Gasteiger partial charge in [0.2, 0.25) is 0 Å². The van der Waals surface area contributed by atoms with Crippen molar-refractivity contribution in [3.8, 4) is 11.1 Å². The van der Waals surface area contributed by atoms with Gasteiger partial charge in [-0.15, -0.1) is 0 Å². The van der Waals surface area contributed by atoms with E-state index in [1.807, 2.05) is 30.3 Å². The van der Waals surface area contributed by atoms with E-state index >= 15 is 0 Å². The van der Waals surface area contributed by atoms with E-state index in [9.17, 15) is 19.5 Å². The number of amides is 2. The summed E-state index contributed by atoms with van der Waals surface area (Å²) in [5.74, 6) is -1.44. The minimum absolute atomic E-state index is 0.0125. The molecule has 0 spiro atoms.